The van der Waals surface area contributed by atoms with E-state index in [1.165, 1.54) is 5.57 Å². The van der Waals surface area contributed by atoms with Gasteiger partial charge in [-0.25, -0.2) is 0 Å². The van der Waals surface area contributed by atoms with Gasteiger partial charge in [-0.2, -0.15) is 0 Å². The third-order valence-corrected chi connectivity index (χ3v) is 7.29. The van der Waals surface area contributed by atoms with Crippen molar-refractivity contribution in [3.63, 3.8) is 0 Å². The van der Waals surface area contributed by atoms with Gasteiger partial charge in [0.1, 0.15) is 0 Å². The van der Waals surface area contributed by atoms with Gasteiger partial charge in [0.25, 0.3) is 0 Å². The third kappa shape index (κ3) is 1.79. The van der Waals surface area contributed by atoms with Crippen molar-refractivity contribution in [2.45, 2.75) is 48.5 Å². The summed E-state index contributed by atoms with van der Waals surface area (Å²) in [5.41, 5.74) is 1.52. The molecule has 0 saturated heterocycles. The average molecular weight is 248 g/mol. The predicted octanol–water partition coefficient (Wildman–Crippen LogP) is 5.25. The molecule has 9 atom stereocenters. The maximum absolute atomic E-state index is 4.42. The first-order valence-corrected chi connectivity index (χ1v) is 7.97. The lowest BCUT2D eigenvalue weighted by molar-refractivity contribution is -0.0631. The molecular formula is C18H32. The second-order valence-corrected chi connectivity index (χ2v) is 7.60. The van der Waals surface area contributed by atoms with Gasteiger partial charge in [-0.05, 0) is 53.3 Å². The zero-order valence-corrected chi connectivity index (χ0v) is 13.4. The van der Waals surface area contributed by atoms with E-state index < -0.39 is 0 Å². The number of rotatable bonds is 0. The van der Waals surface area contributed by atoms with Crippen LogP contribution in [0, 0.1) is 53.3 Å². The average Bonchev–Trinajstić information content (AvgIpc) is 2.35. The largest absolute Gasteiger partial charge is 0.0993 e. The molecule has 0 radical (unpaired) electrons. The number of hydrogen-bond acceptors (Lipinski definition) is 0. The Morgan fingerprint density at radius 2 is 1.00 bits per heavy atom. The van der Waals surface area contributed by atoms with Gasteiger partial charge < -0.3 is 0 Å². The smallest absolute Gasteiger partial charge is 0.0198 e. The molecule has 0 aromatic heterocycles. The molecule has 0 N–H and O–H groups in total. The van der Waals surface area contributed by atoms with Crippen molar-refractivity contribution >= 4 is 0 Å². The molecule has 0 aliphatic heterocycles. The van der Waals surface area contributed by atoms with E-state index in [-0.39, 0.29) is 0 Å². The highest BCUT2D eigenvalue weighted by atomic mass is 14.6. The first kappa shape index (κ1) is 14.2. The summed E-state index contributed by atoms with van der Waals surface area (Å²) in [5, 5.41) is 0. The monoisotopic (exact) mass is 248 g/mol. The lowest BCUT2D eigenvalue weighted by Crippen LogP contribution is -2.52. The minimum atomic E-state index is 0.705. The standard InChI is InChI=1S/C18H32/c1-9-10(2)14(6)18-16(8)12(4)11(3)15(7)17(18)13(9)5/h10-18H,1H2,2-8H3. The van der Waals surface area contributed by atoms with Gasteiger partial charge in [0, 0.05) is 0 Å². The lowest BCUT2D eigenvalue weighted by Gasteiger charge is -2.57. The van der Waals surface area contributed by atoms with E-state index in [4.69, 9.17) is 0 Å². The van der Waals surface area contributed by atoms with E-state index in [1.54, 1.807) is 0 Å². The molecule has 0 heterocycles. The molecule has 2 fully saturated rings. The topological polar surface area (TPSA) is 0 Å². The Balaban J connectivity index is 2.39. The maximum atomic E-state index is 4.42. The summed E-state index contributed by atoms with van der Waals surface area (Å²) in [6.07, 6.45) is 0. The van der Waals surface area contributed by atoms with Gasteiger partial charge in [0.15, 0.2) is 0 Å². The Bertz CT molecular complexity index is 329. The first-order chi connectivity index (χ1) is 8.29. The molecule has 2 rings (SSSR count). The molecule has 2 aliphatic carbocycles. The highest BCUT2D eigenvalue weighted by Crippen LogP contribution is 2.57. The second-order valence-electron chi connectivity index (χ2n) is 7.60. The van der Waals surface area contributed by atoms with Crippen LogP contribution in [0.3, 0.4) is 0 Å². The Hall–Kier alpha value is -0.260. The Labute approximate surface area is 114 Å². The Morgan fingerprint density at radius 3 is 1.50 bits per heavy atom. The van der Waals surface area contributed by atoms with E-state index in [2.05, 4.69) is 55.0 Å². The summed E-state index contributed by atoms with van der Waals surface area (Å²) >= 11 is 0. The minimum absolute atomic E-state index is 0.705. The van der Waals surface area contributed by atoms with Crippen LogP contribution in [0.1, 0.15) is 48.5 Å². The molecule has 0 amide bonds. The van der Waals surface area contributed by atoms with Gasteiger partial charge in [0.05, 0.1) is 0 Å². The van der Waals surface area contributed by atoms with Gasteiger partial charge in [0.2, 0.25) is 0 Å². The van der Waals surface area contributed by atoms with Crippen molar-refractivity contribution in [2.24, 2.45) is 53.3 Å². The quantitative estimate of drug-likeness (QED) is 0.513. The van der Waals surface area contributed by atoms with Crippen molar-refractivity contribution in [1.82, 2.24) is 0 Å². The first-order valence-electron chi connectivity index (χ1n) is 7.97. The van der Waals surface area contributed by atoms with Crippen LogP contribution in [0.25, 0.3) is 0 Å². The van der Waals surface area contributed by atoms with Gasteiger partial charge in [-0.3, -0.25) is 0 Å². The van der Waals surface area contributed by atoms with Crippen molar-refractivity contribution in [1.29, 1.82) is 0 Å². The summed E-state index contributed by atoms with van der Waals surface area (Å²) in [5.74, 6) is 7.45. The third-order valence-electron chi connectivity index (χ3n) is 7.29. The summed E-state index contributed by atoms with van der Waals surface area (Å²) < 4.78 is 0. The summed E-state index contributed by atoms with van der Waals surface area (Å²) in [7, 11) is 0. The summed E-state index contributed by atoms with van der Waals surface area (Å²) in [4.78, 5) is 0. The van der Waals surface area contributed by atoms with Gasteiger partial charge in [-0.15, -0.1) is 0 Å². The van der Waals surface area contributed by atoms with Crippen LogP contribution in [0.2, 0.25) is 0 Å². The molecule has 0 nitrogen and oxygen atoms in total. The molecular weight excluding hydrogens is 216 g/mol. The van der Waals surface area contributed by atoms with Gasteiger partial charge in [-0.1, -0.05) is 60.6 Å². The van der Waals surface area contributed by atoms with Crippen LogP contribution < -0.4 is 0 Å². The molecule has 104 valence electrons. The lowest BCUT2D eigenvalue weighted by atomic mass is 9.48. The van der Waals surface area contributed by atoms with Crippen LogP contribution in [0.15, 0.2) is 12.2 Å². The molecule has 0 heteroatoms. The van der Waals surface area contributed by atoms with Crippen LogP contribution >= 0.6 is 0 Å². The second kappa shape index (κ2) is 4.69. The van der Waals surface area contributed by atoms with E-state index in [1.807, 2.05) is 0 Å². The minimum Gasteiger partial charge on any atom is -0.0993 e. The molecule has 2 aliphatic rings. The van der Waals surface area contributed by atoms with E-state index in [0.717, 1.165) is 41.4 Å². The van der Waals surface area contributed by atoms with Crippen molar-refractivity contribution in [3.8, 4) is 0 Å². The van der Waals surface area contributed by atoms with Gasteiger partial charge >= 0.3 is 0 Å². The van der Waals surface area contributed by atoms with E-state index in [0.29, 0.717) is 11.8 Å². The van der Waals surface area contributed by atoms with E-state index >= 15 is 0 Å². The molecule has 2 saturated carbocycles. The molecule has 0 aromatic rings. The fraction of sp³-hybridized carbons (Fsp3) is 0.889. The highest BCUT2D eigenvalue weighted by molar-refractivity contribution is 5.15. The fourth-order valence-corrected chi connectivity index (χ4v) is 5.31. The summed E-state index contributed by atoms with van der Waals surface area (Å²) in [6, 6.07) is 0. The van der Waals surface area contributed by atoms with Crippen molar-refractivity contribution in [3.05, 3.63) is 12.2 Å². The molecule has 9 unspecified atom stereocenters. The summed E-state index contributed by atoms with van der Waals surface area (Å²) in [6.45, 7) is 21.7. The molecule has 0 bridgehead atoms. The fourth-order valence-electron chi connectivity index (χ4n) is 5.31. The SMILES string of the molecule is C=C1C(C)C(C)C2C(C)C(C)C(C)C(C)C2C1C. The van der Waals surface area contributed by atoms with Crippen molar-refractivity contribution in [2.75, 3.05) is 0 Å². The molecule has 0 spiro atoms. The van der Waals surface area contributed by atoms with Crippen LogP contribution in [-0.2, 0) is 0 Å². The zero-order chi connectivity index (χ0) is 13.8. The Kier molecular flexibility index (Phi) is 3.69. The zero-order valence-electron chi connectivity index (χ0n) is 13.4. The Morgan fingerprint density at radius 1 is 0.556 bits per heavy atom. The highest BCUT2D eigenvalue weighted by Gasteiger charge is 2.51. The number of fused-ring (bicyclic) bond motifs is 1. The molecule has 18 heavy (non-hydrogen) atoms. The predicted molar refractivity (Wildman–Crippen MR) is 80.3 cm³/mol. The number of hydrogen-bond donors (Lipinski definition) is 0. The van der Waals surface area contributed by atoms with Crippen LogP contribution in [-0.4, -0.2) is 0 Å². The van der Waals surface area contributed by atoms with Crippen LogP contribution in [0.5, 0.6) is 0 Å². The number of allylic oxidation sites excluding steroid dienone is 1. The normalized spacial score (nSPS) is 57.3. The maximum Gasteiger partial charge on any atom is -0.0198 e. The van der Waals surface area contributed by atoms with Crippen molar-refractivity contribution < 1.29 is 0 Å². The molecule has 0 aromatic carbocycles. The van der Waals surface area contributed by atoms with E-state index in [9.17, 15) is 0 Å². The van der Waals surface area contributed by atoms with Crippen LogP contribution in [0.4, 0.5) is 0 Å².